The quantitative estimate of drug-likeness (QED) is 0.161. The molecule has 0 aliphatic carbocycles. The first-order chi connectivity index (χ1) is 7.70. The Morgan fingerprint density at radius 2 is 1.19 bits per heavy atom. The summed E-state index contributed by atoms with van der Waals surface area (Å²) in [4.78, 5) is 0. The molecule has 0 atom stereocenters. The Labute approximate surface area is 104 Å². The second-order valence-corrected chi connectivity index (χ2v) is 5.36. The minimum absolute atomic E-state index is 0.270. The molecular formula is C8H18N4O2S2. The number of hydrogen-bond acceptors (Lipinski definition) is 6. The molecule has 0 spiro atoms. The fraction of sp³-hybridized carbons (Fsp3) is 0.750. The molecule has 0 aromatic heterocycles. The first kappa shape index (κ1) is 15.2. The van der Waals surface area contributed by atoms with Gasteiger partial charge in [-0.2, -0.15) is 23.5 Å². The van der Waals surface area contributed by atoms with Crippen molar-refractivity contribution in [1.29, 1.82) is 0 Å². The van der Waals surface area contributed by atoms with E-state index in [4.69, 9.17) is 21.9 Å². The highest BCUT2D eigenvalue weighted by molar-refractivity contribution is 8.02. The minimum atomic E-state index is 0.270. The van der Waals surface area contributed by atoms with Crippen molar-refractivity contribution in [2.75, 3.05) is 23.0 Å². The molecule has 94 valence electrons. The zero-order valence-electron chi connectivity index (χ0n) is 9.00. The lowest BCUT2D eigenvalue weighted by Gasteiger charge is -2.01. The van der Waals surface area contributed by atoms with Gasteiger partial charge in [0, 0.05) is 35.9 Å². The van der Waals surface area contributed by atoms with Crippen molar-refractivity contribution >= 4 is 35.2 Å². The Kier molecular flexibility index (Phi) is 10.2. The number of nitrogens with zero attached hydrogens (tertiary/aromatic N) is 2. The van der Waals surface area contributed by atoms with E-state index in [-0.39, 0.29) is 11.7 Å². The predicted octanol–water partition coefficient (Wildman–Crippen LogP) is 0.726. The van der Waals surface area contributed by atoms with Crippen LogP contribution in [0.5, 0.6) is 0 Å². The molecule has 0 saturated carbocycles. The van der Waals surface area contributed by atoms with Gasteiger partial charge in [0.1, 0.15) is 11.7 Å². The fourth-order valence-corrected chi connectivity index (χ4v) is 2.83. The summed E-state index contributed by atoms with van der Waals surface area (Å²) < 4.78 is 0. The number of nitrogens with two attached hydrogens (primary N) is 2. The predicted molar refractivity (Wildman–Crippen MR) is 70.7 cm³/mol. The molecule has 0 aromatic carbocycles. The van der Waals surface area contributed by atoms with Crippen molar-refractivity contribution < 1.29 is 10.4 Å². The highest BCUT2D eigenvalue weighted by Gasteiger charge is 1.96. The van der Waals surface area contributed by atoms with Crippen LogP contribution in [0.2, 0.25) is 0 Å². The zero-order valence-corrected chi connectivity index (χ0v) is 10.6. The third-order valence-corrected chi connectivity index (χ3v) is 3.86. The molecule has 0 bridgehead atoms. The summed E-state index contributed by atoms with van der Waals surface area (Å²) in [7, 11) is 0. The maximum atomic E-state index is 8.29. The molecule has 0 aliphatic heterocycles. The van der Waals surface area contributed by atoms with Gasteiger partial charge in [0.2, 0.25) is 0 Å². The van der Waals surface area contributed by atoms with Gasteiger partial charge in [0.25, 0.3) is 0 Å². The molecule has 0 radical (unpaired) electrons. The number of oxime groups is 2. The van der Waals surface area contributed by atoms with Crippen LogP contribution < -0.4 is 11.5 Å². The zero-order chi connectivity index (χ0) is 12.2. The van der Waals surface area contributed by atoms with E-state index >= 15 is 0 Å². The number of rotatable bonds is 9. The summed E-state index contributed by atoms with van der Waals surface area (Å²) in [5.41, 5.74) is 10.6. The third-order valence-electron chi connectivity index (χ3n) is 1.63. The summed E-state index contributed by atoms with van der Waals surface area (Å²) in [5.74, 6) is 4.28. The molecule has 0 fully saturated rings. The van der Waals surface area contributed by atoms with Gasteiger partial charge >= 0.3 is 0 Å². The lowest BCUT2D eigenvalue weighted by Crippen LogP contribution is -2.12. The second kappa shape index (κ2) is 10.7. The van der Waals surface area contributed by atoms with Crippen LogP contribution in [0.4, 0.5) is 0 Å². The fourth-order valence-electron chi connectivity index (χ4n) is 0.775. The monoisotopic (exact) mass is 266 g/mol. The van der Waals surface area contributed by atoms with Crippen LogP contribution in [0.1, 0.15) is 12.8 Å². The average molecular weight is 266 g/mol. The Balaban J connectivity index is 3.16. The second-order valence-electron chi connectivity index (χ2n) is 2.91. The van der Waals surface area contributed by atoms with E-state index < -0.39 is 0 Å². The van der Waals surface area contributed by atoms with E-state index in [9.17, 15) is 0 Å². The molecule has 0 saturated heterocycles. The van der Waals surface area contributed by atoms with Crippen LogP contribution >= 0.6 is 23.5 Å². The van der Waals surface area contributed by atoms with E-state index in [1.807, 2.05) is 0 Å². The molecule has 0 aliphatic rings. The highest BCUT2D eigenvalue weighted by atomic mass is 32.2. The van der Waals surface area contributed by atoms with Crippen molar-refractivity contribution in [3.63, 3.8) is 0 Å². The Hall–Kier alpha value is -0.760. The summed E-state index contributed by atoms with van der Waals surface area (Å²) in [6.07, 6.45) is 1.21. The van der Waals surface area contributed by atoms with Crippen molar-refractivity contribution in [2.45, 2.75) is 12.8 Å². The van der Waals surface area contributed by atoms with E-state index in [1.54, 1.807) is 23.5 Å². The molecular weight excluding hydrogens is 248 g/mol. The van der Waals surface area contributed by atoms with E-state index in [2.05, 4.69) is 10.3 Å². The van der Waals surface area contributed by atoms with Gasteiger partial charge in [-0.3, -0.25) is 0 Å². The summed E-state index contributed by atoms with van der Waals surface area (Å²) in [6, 6.07) is 0. The van der Waals surface area contributed by atoms with Gasteiger partial charge in [0.15, 0.2) is 0 Å². The van der Waals surface area contributed by atoms with Crippen molar-refractivity contribution in [3.8, 4) is 0 Å². The molecule has 6 N–H and O–H groups in total. The molecule has 8 heteroatoms. The van der Waals surface area contributed by atoms with Gasteiger partial charge in [0.05, 0.1) is 0 Å². The summed E-state index contributed by atoms with van der Waals surface area (Å²) in [6.45, 7) is 0. The number of hydrogen-bond donors (Lipinski definition) is 4. The average Bonchev–Trinajstić information content (AvgIpc) is 2.31. The largest absolute Gasteiger partial charge is 0.409 e. The van der Waals surface area contributed by atoms with Crippen LogP contribution in [-0.4, -0.2) is 45.1 Å². The number of thioether (sulfide) groups is 2. The van der Waals surface area contributed by atoms with E-state index in [0.29, 0.717) is 12.8 Å². The first-order valence-corrected chi connectivity index (χ1v) is 7.10. The standard InChI is InChI=1S/C8H18N4O2S2/c9-7(11-13)1-3-15-5-6-16-4-2-8(10)12-14/h13-14H,1-6H2,(H2,9,11)(H2,10,12). The van der Waals surface area contributed by atoms with Gasteiger partial charge in [-0.15, -0.1) is 0 Å². The Morgan fingerprint density at radius 1 is 0.812 bits per heavy atom. The molecule has 0 amide bonds. The van der Waals surface area contributed by atoms with Crippen molar-refractivity contribution in [1.82, 2.24) is 0 Å². The van der Waals surface area contributed by atoms with Gasteiger partial charge in [-0.25, -0.2) is 0 Å². The maximum Gasteiger partial charge on any atom is 0.139 e. The minimum Gasteiger partial charge on any atom is -0.409 e. The Bertz CT molecular complexity index is 212. The molecule has 0 heterocycles. The van der Waals surface area contributed by atoms with Gasteiger partial charge < -0.3 is 21.9 Å². The summed E-state index contributed by atoms with van der Waals surface area (Å²) in [5, 5.41) is 22.4. The molecule has 16 heavy (non-hydrogen) atoms. The molecule has 6 nitrogen and oxygen atoms in total. The van der Waals surface area contributed by atoms with Crippen LogP contribution in [0.15, 0.2) is 10.3 Å². The topological polar surface area (TPSA) is 117 Å². The van der Waals surface area contributed by atoms with Crippen LogP contribution in [-0.2, 0) is 0 Å². The van der Waals surface area contributed by atoms with Gasteiger partial charge in [-0.1, -0.05) is 10.3 Å². The summed E-state index contributed by atoms with van der Waals surface area (Å²) >= 11 is 3.52. The molecule has 0 aromatic rings. The van der Waals surface area contributed by atoms with E-state index in [0.717, 1.165) is 23.0 Å². The molecule has 0 unspecified atom stereocenters. The first-order valence-electron chi connectivity index (χ1n) is 4.79. The van der Waals surface area contributed by atoms with Crippen molar-refractivity contribution in [3.05, 3.63) is 0 Å². The highest BCUT2D eigenvalue weighted by Crippen LogP contribution is 2.09. The Morgan fingerprint density at radius 3 is 1.50 bits per heavy atom. The maximum absolute atomic E-state index is 8.29. The number of amidine groups is 2. The van der Waals surface area contributed by atoms with E-state index in [1.165, 1.54) is 0 Å². The third kappa shape index (κ3) is 9.78. The van der Waals surface area contributed by atoms with Crippen molar-refractivity contribution in [2.24, 2.45) is 21.8 Å². The normalized spacial score (nSPS) is 13.0. The SMILES string of the molecule is N/C(CCSCCSCC/C(N)=N\O)=N\O. The smallest absolute Gasteiger partial charge is 0.139 e. The lowest BCUT2D eigenvalue weighted by atomic mass is 10.5. The van der Waals surface area contributed by atoms with Crippen LogP contribution in [0.3, 0.4) is 0 Å². The van der Waals surface area contributed by atoms with Crippen LogP contribution in [0.25, 0.3) is 0 Å². The molecule has 0 rings (SSSR count). The van der Waals surface area contributed by atoms with Gasteiger partial charge in [-0.05, 0) is 0 Å². The van der Waals surface area contributed by atoms with Crippen LogP contribution in [0, 0.1) is 0 Å². The lowest BCUT2D eigenvalue weighted by molar-refractivity contribution is 0.317.